The summed E-state index contributed by atoms with van der Waals surface area (Å²) in [7, 11) is 0. The van der Waals surface area contributed by atoms with Gasteiger partial charge in [0.1, 0.15) is 66.3 Å². The number of rotatable bonds is 38. The van der Waals surface area contributed by atoms with Gasteiger partial charge in [0.15, 0.2) is 0 Å². The Balaban J connectivity index is 1.66. The molecule has 4 atom stereocenters. The number of nitrogens with zero attached hydrogens (tertiary/aromatic N) is 5. The number of benzene rings is 2. The zero-order valence-electron chi connectivity index (χ0n) is 40.5. The molecule has 0 bridgehead atoms. The summed E-state index contributed by atoms with van der Waals surface area (Å²) in [6.45, 7) is -0.878. The Kier molecular flexibility index (Phi) is 25.3. The number of aromatic nitrogens is 3. The van der Waals surface area contributed by atoms with Crippen LogP contribution in [0.5, 0.6) is 11.5 Å². The molecule has 1 heterocycles. The normalized spacial score (nSPS) is 12.8. The van der Waals surface area contributed by atoms with E-state index in [9.17, 15) is 83.4 Å². The molecule has 0 spiro atoms. The van der Waals surface area contributed by atoms with E-state index < -0.39 is 120 Å². The van der Waals surface area contributed by atoms with Crippen molar-refractivity contribution in [2.45, 2.75) is 107 Å². The SMILES string of the molecule is O=C(O)CCC(NC(=O)NC(CCCCNc1cc(OCC(COc2ccc([N+](=O)[O-])c(NCCCCC(NC(=O)NC(CCC(=O)O)C(=O)O)C(=O)O)c2)n2cc(CCCF)nn2)ccc1[N+](=O)[O-])C(=O)O)C(=O)O. The van der Waals surface area contributed by atoms with Crippen molar-refractivity contribution in [3.8, 4) is 11.5 Å². The minimum atomic E-state index is -1.59. The minimum Gasteiger partial charge on any atom is -0.491 e. The molecule has 1 aromatic heterocycles. The lowest BCUT2D eigenvalue weighted by atomic mass is 10.1. The fraction of sp³-hybridized carbons (Fsp3) is 0.500. The Bertz CT molecular complexity index is 2370. The number of aryl methyl sites for hydroxylation is 1. The summed E-state index contributed by atoms with van der Waals surface area (Å²) in [4.78, 5) is 115. The number of alkyl halides is 1. The number of nitro benzene ring substituents is 2. The molecule has 0 fully saturated rings. The van der Waals surface area contributed by atoms with Crippen LogP contribution in [-0.4, -0.2) is 161 Å². The monoisotopic (exact) mass is 1080 g/mol. The third-order valence-electron chi connectivity index (χ3n) is 10.9. The molecule has 3 rings (SSSR count). The Morgan fingerprint density at radius 2 is 0.987 bits per heavy atom. The van der Waals surface area contributed by atoms with Crippen molar-refractivity contribution in [1.82, 2.24) is 36.3 Å². The van der Waals surface area contributed by atoms with Crippen molar-refractivity contribution >= 4 is 70.6 Å². The summed E-state index contributed by atoms with van der Waals surface area (Å²) in [6, 6.07) is -1.52. The number of amides is 4. The smallest absolute Gasteiger partial charge is 0.326 e. The summed E-state index contributed by atoms with van der Waals surface area (Å²) in [5.74, 6) is -8.25. The second kappa shape index (κ2) is 31.5. The Hall–Kier alpha value is -9.13. The van der Waals surface area contributed by atoms with Gasteiger partial charge in [-0.05, 0) is 76.3 Å². The van der Waals surface area contributed by atoms with Gasteiger partial charge in [-0.3, -0.25) is 34.2 Å². The molecule has 0 aliphatic carbocycles. The number of nitro groups is 2. The number of carboxylic acid groups (broad SMARTS) is 6. The number of urea groups is 2. The van der Waals surface area contributed by atoms with E-state index in [1.165, 1.54) is 47.3 Å². The molecule has 32 heteroatoms. The molecule has 4 amide bonds. The fourth-order valence-corrected chi connectivity index (χ4v) is 6.93. The van der Waals surface area contributed by atoms with E-state index in [1.807, 2.05) is 10.6 Å². The molecule has 0 aliphatic heterocycles. The third-order valence-corrected chi connectivity index (χ3v) is 10.9. The highest BCUT2D eigenvalue weighted by Gasteiger charge is 2.27. The topological polar surface area (TPSA) is 466 Å². The molecule has 12 N–H and O–H groups in total. The maximum absolute atomic E-state index is 13.0. The third kappa shape index (κ3) is 21.9. The standard InChI is InChI=1S/C44H58FN11O20/c45-17-5-6-25-22-54(53-52-25)26(23-75-27-9-13-35(55(71)72)33(20-27)46-18-3-1-7-29(39(61)62)48-43(69)50-31(41(65)66)11-15-37(57)58)24-76-28-10-14-36(56(73)74)34(21-28)47-19-4-2-8-30(40(63)64)49-44(70)51-32(42(67)68)12-16-38(59)60/h9-10,13-14,20-22,26,29-32,46-47H,1-8,11-12,15-19,23-24H2,(H,57,58)(H,59,60)(H,61,62)(H,63,64)(H,65,66)(H,67,68)(H2,48,50,69)(H2,49,51,70). The van der Waals surface area contributed by atoms with Crippen LogP contribution in [-0.2, 0) is 35.2 Å². The summed E-state index contributed by atoms with van der Waals surface area (Å²) in [6.07, 6.45) is 0.421. The molecule has 0 saturated carbocycles. The van der Waals surface area contributed by atoms with E-state index in [2.05, 4.69) is 31.6 Å². The van der Waals surface area contributed by atoms with Crippen LogP contribution in [0.2, 0.25) is 0 Å². The summed E-state index contributed by atoms with van der Waals surface area (Å²) in [5, 5.41) is 102. The number of hydrogen-bond acceptors (Lipinski definition) is 18. The van der Waals surface area contributed by atoms with Gasteiger partial charge in [0, 0.05) is 56.4 Å². The van der Waals surface area contributed by atoms with E-state index in [4.69, 9.17) is 19.7 Å². The molecule has 76 heavy (non-hydrogen) atoms. The fourth-order valence-electron chi connectivity index (χ4n) is 6.93. The van der Waals surface area contributed by atoms with Gasteiger partial charge in [-0.15, -0.1) is 5.10 Å². The van der Waals surface area contributed by atoms with E-state index in [0.717, 1.165) is 0 Å². The maximum Gasteiger partial charge on any atom is 0.326 e. The van der Waals surface area contributed by atoms with Gasteiger partial charge in [-0.1, -0.05) is 5.21 Å². The van der Waals surface area contributed by atoms with Crippen LogP contribution in [0.4, 0.5) is 36.7 Å². The highest BCUT2D eigenvalue weighted by Crippen LogP contribution is 2.31. The van der Waals surface area contributed by atoms with Gasteiger partial charge < -0.3 is 72.0 Å². The van der Waals surface area contributed by atoms with Gasteiger partial charge in [0.05, 0.1) is 22.2 Å². The zero-order chi connectivity index (χ0) is 56.3. The van der Waals surface area contributed by atoms with Crippen LogP contribution in [0, 0.1) is 20.2 Å². The molecule has 0 radical (unpaired) electrons. The van der Waals surface area contributed by atoms with Gasteiger partial charge in [-0.2, -0.15) is 0 Å². The number of hydrogen-bond donors (Lipinski definition) is 12. The van der Waals surface area contributed by atoms with Crippen LogP contribution >= 0.6 is 0 Å². The number of unbranched alkanes of at least 4 members (excludes halogenated alkanes) is 2. The van der Waals surface area contributed by atoms with Crippen molar-refractivity contribution in [2.24, 2.45) is 0 Å². The van der Waals surface area contributed by atoms with Crippen molar-refractivity contribution in [3.05, 3.63) is 68.5 Å². The first-order valence-electron chi connectivity index (χ1n) is 23.3. The Morgan fingerprint density at radius 3 is 1.34 bits per heavy atom. The van der Waals surface area contributed by atoms with Crippen molar-refractivity contribution in [3.63, 3.8) is 0 Å². The lowest BCUT2D eigenvalue weighted by Gasteiger charge is -2.19. The van der Waals surface area contributed by atoms with E-state index >= 15 is 0 Å². The molecule has 31 nitrogen and oxygen atoms in total. The molecule has 0 aliphatic rings. The number of carbonyl (C=O) groups is 8. The molecule has 2 aromatic carbocycles. The Labute approximate surface area is 429 Å². The number of aliphatic carboxylic acids is 6. The lowest BCUT2D eigenvalue weighted by molar-refractivity contribution is -0.384. The zero-order valence-corrected chi connectivity index (χ0v) is 40.5. The first-order chi connectivity index (χ1) is 36.1. The van der Waals surface area contributed by atoms with Gasteiger partial charge in [0.25, 0.3) is 11.4 Å². The molecular formula is C44H58FN11O20. The summed E-state index contributed by atoms with van der Waals surface area (Å²) in [5.41, 5.74) is -0.202. The van der Waals surface area contributed by atoms with Crippen LogP contribution in [0.25, 0.3) is 0 Å². The van der Waals surface area contributed by atoms with Crippen LogP contribution in [0.15, 0.2) is 42.6 Å². The molecule has 3 aromatic rings. The van der Waals surface area contributed by atoms with Crippen LogP contribution in [0.1, 0.15) is 82.4 Å². The maximum atomic E-state index is 13.0. The largest absolute Gasteiger partial charge is 0.491 e. The summed E-state index contributed by atoms with van der Waals surface area (Å²) >= 11 is 0. The van der Waals surface area contributed by atoms with Crippen LogP contribution in [0.3, 0.4) is 0 Å². The van der Waals surface area contributed by atoms with E-state index in [1.54, 1.807) is 0 Å². The van der Waals surface area contributed by atoms with Gasteiger partial charge in [-0.25, -0.2) is 33.4 Å². The lowest BCUT2D eigenvalue weighted by Crippen LogP contribution is -2.51. The van der Waals surface area contributed by atoms with Crippen LogP contribution < -0.4 is 41.4 Å². The average molecular weight is 1080 g/mol. The second-order valence-electron chi connectivity index (χ2n) is 16.6. The molecule has 416 valence electrons. The molecule has 4 unspecified atom stereocenters. The van der Waals surface area contributed by atoms with E-state index in [-0.39, 0.29) is 112 Å². The van der Waals surface area contributed by atoms with Gasteiger partial charge in [0.2, 0.25) is 0 Å². The highest BCUT2D eigenvalue weighted by atomic mass is 19.1. The highest BCUT2D eigenvalue weighted by molar-refractivity contribution is 5.87. The number of carboxylic acids is 6. The predicted octanol–water partition coefficient (Wildman–Crippen LogP) is 3.00. The second-order valence-corrected chi connectivity index (χ2v) is 16.6. The number of anilines is 2. The number of nitrogens with one attached hydrogen (secondary N) is 6. The van der Waals surface area contributed by atoms with Crippen molar-refractivity contribution < 1.29 is 92.7 Å². The summed E-state index contributed by atoms with van der Waals surface area (Å²) < 4.78 is 26.5. The predicted molar refractivity (Wildman–Crippen MR) is 258 cm³/mol. The number of ether oxygens (including phenoxy) is 2. The number of halogens is 1. The van der Waals surface area contributed by atoms with Gasteiger partial charge >= 0.3 is 47.9 Å². The quantitative estimate of drug-likeness (QED) is 0.0223. The minimum absolute atomic E-state index is 0.0204. The van der Waals surface area contributed by atoms with E-state index in [0.29, 0.717) is 5.69 Å². The average Bonchev–Trinajstić information content (AvgIpc) is 3.83. The first kappa shape index (κ1) is 61.2. The van der Waals surface area contributed by atoms with Crippen molar-refractivity contribution in [1.29, 1.82) is 0 Å². The number of carbonyl (C=O) groups excluding carboxylic acids is 2. The van der Waals surface area contributed by atoms with Crippen molar-refractivity contribution in [2.75, 3.05) is 43.6 Å². The Morgan fingerprint density at radius 1 is 0.592 bits per heavy atom. The first-order valence-corrected chi connectivity index (χ1v) is 23.3. The molecule has 0 saturated heterocycles. The molecular weight excluding hydrogens is 1020 g/mol.